The molecule has 0 amide bonds. The van der Waals surface area contributed by atoms with Gasteiger partial charge in [-0.3, -0.25) is 4.99 Å². The van der Waals surface area contributed by atoms with Crippen LogP contribution in [0.15, 0.2) is 16.6 Å². The van der Waals surface area contributed by atoms with E-state index in [2.05, 4.69) is 52.6 Å². The quantitative estimate of drug-likeness (QED) is 0.457. The SMILES string of the molecule is CC(C)=CC(C)C.CC(C)=NC(C)C. The van der Waals surface area contributed by atoms with Crippen LogP contribution in [0, 0.1) is 5.92 Å². The summed E-state index contributed by atoms with van der Waals surface area (Å²) in [7, 11) is 0. The average Bonchev–Trinajstić information content (AvgIpc) is 1.79. The highest BCUT2D eigenvalue weighted by Crippen LogP contribution is 1.98. The minimum atomic E-state index is 0.463. The Bertz CT molecular complexity index is 155. The molecule has 0 radical (unpaired) electrons. The van der Waals surface area contributed by atoms with Gasteiger partial charge in [0.1, 0.15) is 0 Å². The maximum Gasteiger partial charge on any atom is 0.0442 e. The highest BCUT2D eigenvalue weighted by Gasteiger charge is 1.83. The first-order valence-electron chi connectivity index (χ1n) is 5.41. The Morgan fingerprint density at radius 1 is 0.929 bits per heavy atom. The zero-order valence-electron chi connectivity index (χ0n) is 11.2. The van der Waals surface area contributed by atoms with Gasteiger partial charge in [0.15, 0.2) is 0 Å². The second-order valence-corrected chi connectivity index (χ2v) is 4.66. The zero-order chi connectivity index (χ0) is 11.7. The van der Waals surface area contributed by atoms with E-state index in [0.29, 0.717) is 12.0 Å². The molecule has 0 rings (SSSR count). The molecule has 0 aliphatic carbocycles. The molecule has 1 nitrogen and oxygen atoms in total. The van der Waals surface area contributed by atoms with E-state index < -0.39 is 0 Å². The van der Waals surface area contributed by atoms with E-state index in [-0.39, 0.29) is 0 Å². The van der Waals surface area contributed by atoms with Gasteiger partial charge >= 0.3 is 0 Å². The molecule has 0 unspecified atom stereocenters. The van der Waals surface area contributed by atoms with E-state index in [9.17, 15) is 0 Å². The van der Waals surface area contributed by atoms with Crippen molar-refractivity contribution in [3.63, 3.8) is 0 Å². The molecule has 0 aromatic carbocycles. The Hall–Kier alpha value is -0.590. The summed E-state index contributed by atoms with van der Waals surface area (Å²) in [5.74, 6) is 0.713. The normalized spacial score (nSPS) is 9.29. The van der Waals surface area contributed by atoms with Crippen molar-refractivity contribution < 1.29 is 0 Å². The van der Waals surface area contributed by atoms with Crippen LogP contribution in [0.25, 0.3) is 0 Å². The lowest BCUT2D eigenvalue weighted by Crippen LogP contribution is -1.92. The summed E-state index contributed by atoms with van der Waals surface area (Å²) in [4.78, 5) is 4.19. The molecule has 84 valence electrons. The first-order valence-corrected chi connectivity index (χ1v) is 5.41. The molecule has 0 fully saturated rings. The molecule has 0 atom stereocenters. The fraction of sp³-hybridized carbons (Fsp3) is 0.769. The van der Waals surface area contributed by atoms with Crippen molar-refractivity contribution in [2.24, 2.45) is 10.9 Å². The van der Waals surface area contributed by atoms with Gasteiger partial charge in [-0.2, -0.15) is 0 Å². The van der Waals surface area contributed by atoms with Crippen molar-refractivity contribution in [1.82, 2.24) is 0 Å². The van der Waals surface area contributed by atoms with Crippen LogP contribution in [-0.2, 0) is 0 Å². The molecule has 0 saturated carbocycles. The molecule has 14 heavy (non-hydrogen) atoms. The summed E-state index contributed by atoms with van der Waals surface area (Å²) in [6, 6.07) is 0.463. The standard InChI is InChI=1S/C7H14.C6H13N/c1-6(2)5-7(3)4;1-5(2)7-6(3)4/h5-6H,1-4H3;5H,1-4H3. The van der Waals surface area contributed by atoms with E-state index in [4.69, 9.17) is 0 Å². The van der Waals surface area contributed by atoms with Crippen molar-refractivity contribution in [2.75, 3.05) is 0 Å². The van der Waals surface area contributed by atoms with E-state index in [1.807, 2.05) is 13.8 Å². The van der Waals surface area contributed by atoms with E-state index in [1.54, 1.807) is 0 Å². The second-order valence-electron chi connectivity index (χ2n) is 4.66. The fourth-order valence-corrected chi connectivity index (χ4v) is 1.18. The number of aliphatic imine (C=N–C) groups is 1. The number of allylic oxidation sites excluding steroid dienone is 2. The van der Waals surface area contributed by atoms with Gasteiger partial charge in [-0.05, 0) is 47.5 Å². The smallest absolute Gasteiger partial charge is 0.0442 e. The summed E-state index contributed by atoms with van der Waals surface area (Å²) in [5.41, 5.74) is 2.57. The van der Waals surface area contributed by atoms with Crippen LogP contribution in [0.2, 0.25) is 0 Å². The van der Waals surface area contributed by atoms with E-state index in [0.717, 1.165) is 5.71 Å². The lowest BCUT2D eigenvalue weighted by Gasteiger charge is -1.93. The Kier molecular flexibility index (Phi) is 10.2. The molecule has 0 bridgehead atoms. The van der Waals surface area contributed by atoms with Gasteiger partial charge in [0.25, 0.3) is 0 Å². The first-order chi connectivity index (χ1) is 6.25. The molecule has 0 aliphatic rings. The molecule has 0 aliphatic heterocycles. The number of hydrogen-bond acceptors (Lipinski definition) is 1. The topological polar surface area (TPSA) is 12.4 Å². The van der Waals surface area contributed by atoms with Crippen LogP contribution in [0.1, 0.15) is 55.4 Å². The van der Waals surface area contributed by atoms with Gasteiger partial charge in [0, 0.05) is 11.8 Å². The third kappa shape index (κ3) is 22.5. The average molecular weight is 197 g/mol. The Balaban J connectivity index is 0. The largest absolute Gasteiger partial charge is 0.292 e. The van der Waals surface area contributed by atoms with Crippen molar-refractivity contribution in [3.8, 4) is 0 Å². The van der Waals surface area contributed by atoms with Gasteiger partial charge in [0.05, 0.1) is 0 Å². The Labute approximate surface area is 90.3 Å². The number of hydrogen-bond donors (Lipinski definition) is 0. The molecule has 0 aromatic rings. The summed E-state index contributed by atoms with van der Waals surface area (Å²) >= 11 is 0. The van der Waals surface area contributed by atoms with Crippen LogP contribution in [0.5, 0.6) is 0 Å². The fourth-order valence-electron chi connectivity index (χ4n) is 1.18. The lowest BCUT2D eigenvalue weighted by atomic mass is 10.1. The maximum absolute atomic E-state index is 4.19. The van der Waals surface area contributed by atoms with Gasteiger partial charge in [0.2, 0.25) is 0 Å². The summed E-state index contributed by atoms with van der Waals surface area (Å²) in [6.07, 6.45) is 2.25. The number of nitrogens with zero attached hydrogens (tertiary/aromatic N) is 1. The predicted octanol–water partition coefficient (Wildman–Crippen LogP) is 4.48. The lowest BCUT2D eigenvalue weighted by molar-refractivity contribution is 0.822. The zero-order valence-corrected chi connectivity index (χ0v) is 11.2. The van der Waals surface area contributed by atoms with Crippen molar-refractivity contribution in [3.05, 3.63) is 11.6 Å². The van der Waals surface area contributed by atoms with E-state index >= 15 is 0 Å². The summed E-state index contributed by atoms with van der Waals surface area (Å²) < 4.78 is 0. The van der Waals surface area contributed by atoms with Crippen molar-refractivity contribution >= 4 is 5.71 Å². The van der Waals surface area contributed by atoms with Crippen LogP contribution < -0.4 is 0 Å². The third-order valence-electron chi connectivity index (χ3n) is 1.18. The summed E-state index contributed by atoms with van der Waals surface area (Å²) in [5, 5.41) is 0. The molecule has 0 spiro atoms. The molecular weight excluding hydrogens is 170 g/mol. The molecule has 0 heterocycles. The minimum absolute atomic E-state index is 0.463. The monoisotopic (exact) mass is 197 g/mol. The Morgan fingerprint density at radius 3 is 1.36 bits per heavy atom. The van der Waals surface area contributed by atoms with Gasteiger partial charge in [-0.25, -0.2) is 0 Å². The third-order valence-corrected chi connectivity index (χ3v) is 1.18. The highest BCUT2D eigenvalue weighted by atomic mass is 14.8. The van der Waals surface area contributed by atoms with E-state index in [1.165, 1.54) is 5.57 Å². The van der Waals surface area contributed by atoms with Crippen molar-refractivity contribution in [2.45, 2.75) is 61.4 Å². The van der Waals surface area contributed by atoms with Crippen molar-refractivity contribution in [1.29, 1.82) is 0 Å². The summed E-state index contributed by atoms with van der Waals surface area (Å²) in [6.45, 7) is 16.8. The van der Waals surface area contributed by atoms with Crippen LogP contribution in [0.3, 0.4) is 0 Å². The van der Waals surface area contributed by atoms with Crippen LogP contribution in [0.4, 0.5) is 0 Å². The van der Waals surface area contributed by atoms with Crippen LogP contribution in [-0.4, -0.2) is 11.8 Å². The van der Waals surface area contributed by atoms with Gasteiger partial charge in [-0.1, -0.05) is 25.5 Å². The maximum atomic E-state index is 4.19. The van der Waals surface area contributed by atoms with Gasteiger partial charge in [-0.15, -0.1) is 0 Å². The number of rotatable bonds is 2. The van der Waals surface area contributed by atoms with Gasteiger partial charge < -0.3 is 0 Å². The Morgan fingerprint density at radius 2 is 1.36 bits per heavy atom. The van der Waals surface area contributed by atoms with Crippen LogP contribution >= 0.6 is 0 Å². The highest BCUT2D eigenvalue weighted by molar-refractivity contribution is 5.79. The molecular formula is C13H27N. The molecule has 0 saturated heterocycles. The molecule has 1 heteroatoms. The second kappa shape index (κ2) is 8.98. The first kappa shape index (κ1) is 15.9. The molecule has 0 N–H and O–H groups in total. The molecule has 0 aromatic heterocycles. The minimum Gasteiger partial charge on any atom is -0.292 e. The predicted molar refractivity (Wildman–Crippen MR) is 68.2 cm³/mol.